The Kier molecular flexibility index (Phi) is 7.71. The molecule has 0 saturated heterocycles. The van der Waals surface area contributed by atoms with Crippen LogP contribution in [0, 0.1) is 5.92 Å². The van der Waals surface area contributed by atoms with Crippen LogP contribution in [0.2, 0.25) is 0 Å². The molecular weight excluding hydrogens is 322 g/mol. The number of nitrogens with one attached hydrogen (secondary N) is 3. The minimum absolute atomic E-state index is 0.183. The smallest absolute Gasteiger partial charge is 0.312 e. The molecule has 4 amide bonds. The summed E-state index contributed by atoms with van der Waals surface area (Å²) in [5, 5.41) is 2.35. The third kappa shape index (κ3) is 5.98. The fraction of sp³-hybridized carbons (Fsp3) is 0.471. The van der Waals surface area contributed by atoms with Gasteiger partial charge in [-0.1, -0.05) is 13.8 Å². The van der Waals surface area contributed by atoms with Gasteiger partial charge in [0.2, 0.25) is 0 Å². The molecule has 5 N–H and O–H groups in total. The minimum Gasteiger partial charge on any atom is -0.372 e. The second kappa shape index (κ2) is 9.51. The third-order valence-corrected chi connectivity index (χ3v) is 3.80. The molecule has 0 bridgehead atoms. The van der Waals surface area contributed by atoms with E-state index in [4.69, 9.17) is 5.73 Å². The first-order chi connectivity index (χ1) is 11.8. The number of hydrogen-bond donors (Lipinski definition) is 4. The highest BCUT2D eigenvalue weighted by molar-refractivity contribution is 5.96. The molecule has 0 aromatic heterocycles. The van der Waals surface area contributed by atoms with Crippen molar-refractivity contribution in [3.05, 3.63) is 29.8 Å². The number of benzene rings is 1. The highest BCUT2D eigenvalue weighted by atomic mass is 16.2. The average molecular weight is 349 g/mol. The number of amides is 4. The van der Waals surface area contributed by atoms with E-state index < -0.39 is 23.9 Å². The number of urea groups is 1. The lowest BCUT2D eigenvalue weighted by Crippen LogP contribution is -2.55. The molecule has 0 aliphatic carbocycles. The van der Waals surface area contributed by atoms with Gasteiger partial charge in [-0.3, -0.25) is 20.4 Å². The summed E-state index contributed by atoms with van der Waals surface area (Å²) < 4.78 is 0. The van der Waals surface area contributed by atoms with E-state index in [0.29, 0.717) is 5.56 Å². The van der Waals surface area contributed by atoms with E-state index in [1.807, 2.05) is 12.1 Å². The van der Waals surface area contributed by atoms with E-state index in [0.717, 1.165) is 18.8 Å². The Morgan fingerprint density at radius 1 is 1.04 bits per heavy atom. The monoisotopic (exact) mass is 349 g/mol. The van der Waals surface area contributed by atoms with Crippen molar-refractivity contribution in [1.29, 1.82) is 0 Å². The maximum Gasteiger partial charge on any atom is 0.312 e. The molecular formula is C17H27N5O3. The van der Waals surface area contributed by atoms with Crippen molar-refractivity contribution in [1.82, 2.24) is 16.2 Å². The molecule has 1 aromatic rings. The molecule has 0 aliphatic rings. The number of hydrogen-bond acceptors (Lipinski definition) is 4. The van der Waals surface area contributed by atoms with Crippen LogP contribution < -0.4 is 26.8 Å². The zero-order valence-electron chi connectivity index (χ0n) is 15.1. The number of primary amides is 1. The van der Waals surface area contributed by atoms with E-state index in [-0.39, 0.29) is 5.92 Å². The van der Waals surface area contributed by atoms with E-state index in [1.54, 1.807) is 26.0 Å². The van der Waals surface area contributed by atoms with Crippen LogP contribution in [0.4, 0.5) is 10.5 Å². The Labute approximate surface area is 148 Å². The van der Waals surface area contributed by atoms with Crippen molar-refractivity contribution in [2.45, 2.75) is 33.7 Å². The second-order valence-corrected chi connectivity index (χ2v) is 5.89. The number of carbonyl (C=O) groups is 3. The molecule has 1 rings (SSSR count). The standard InChI is InChI=1S/C17H27N5O3/c1-5-22(6-2)13-9-7-12(8-10-13)15(23)20-21-16(24)14(11(3)4)19-17(18)25/h7-11,14H,5-6H2,1-4H3,(H,20,23)(H,21,24)(H3,18,19,25)/t14-/m1/s1. The lowest BCUT2D eigenvalue weighted by molar-refractivity contribution is -0.124. The minimum atomic E-state index is -0.831. The maximum atomic E-state index is 12.1. The Morgan fingerprint density at radius 3 is 2.04 bits per heavy atom. The van der Waals surface area contributed by atoms with Gasteiger partial charge in [0, 0.05) is 24.3 Å². The lowest BCUT2D eigenvalue weighted by Gasteiger charge is -2.21. The summed E-state index contributed by atoms with van der Waals surface area (Å²) >= 11 is 0. The van der Waals surface area contributed by atoms with Crippen LogP contribution in [0.25, 0.3) is 0 Å². The molecule has 0 radical (unpaired) electrons. The molecule has 0 heterocycles. The van der Waals surface area contributed by atoms with Crippen LogP contribution in [0.5, 0.6) is 0 Å². The molecule has 138 valence electrons. The van der Waals surface area contributed by atoms with E-state index in [1.165, 1.54) is 0 Å². The summed E-state index contributed by atoms with van der Waals surface area (Å²) in [6.45, 7) is 9.39. The normalized spacial score (nSPS) is 11.6. The predicted octanol–water partition coefficient (Wildman–Crippen LogP) is 0.987. The summed E-state index contributed by atoms with van der Waals surface area (Å²) in [6.07, 6.45) is 0. The Bertz CT molecular complexity index is 597. The summed E-state index contributed by atoms with van der Waals surface area (Å²) in [6, 6.07) is 5.47. The number of rotatable bonds is 7. The lowest BCUT2D eigenvalue weighted by atomic mass is 10.0. The largest absolute Gasteiger partial charge is 0.372 e. The predicted molar refractivity (Wildman–Crippen MR) is 97.0 cm³/mol. The fourth-order valence-electron chi connectivity index (χ4n) is 2.37. The average Bonchev–Trinajstić information content (AvgIpc) is 2.58. The third-order valence-electron chi connectivity index (χ3n) is 3.80. The molecule has 0 spiro atoms. The first kappa shape index (κ1) is 20.3. The van der Waals surface area contributed by atoms with Crippen molar-refractivity contribution in [2.24, 2.45) is 11.7 Å². The zero-order chi connectivity index (χ0) is 19.0. The number of nitrogens with zero attached hydrogens (tertiary/aromatic N) is 1. The molecule has 8 nitrogen and oxygen atoms in total. The quantitative estimate of drug-likeness (QED) is 0.549. The van der Waals surface area contributed by atoms with Crippen LogP contribution in [-0.4, -0.2) is 37.0 Å². The van der Waals surface area contributed by atoms with Crippen molar-refractivity contribution in [3.63, 3.8) is 0 Å². The van der Waals surface area contributed by atoms with E-state index in [9.17, 15) is 14.4 Å². The van der Waals surface area contributed by atoms with Crippen molar-refractivity contribution >= 4 is 23.5 Å². The molecule has 0 saturated carbocycles. The molecule has 0 unspecified atom stereocenters. The van der Waals surface area contributed by atoms with Gasteiger partial charge in [-0.2, -0.15) is 0 Å². The summed E-state index contributed by atoms with van der Waals surface area (Å²) in [5.74, 6) is -1.17. The molecule has 1 aromatic carbocycles. The van der Waals surface area contributed by atoms with E-state index >= 15 is 0 Å². The Morgan fingerprint density at radius 2 is 1.60 bits per heavy atom. The van der Waals surface area contributed by atoms with Gasteiger partial charge in [0.05, 0.1) is 0 Å². The topological polar surface area (TPSA) is 117 Å². The van der Waals surface area contributed by atoms with Crippen LogP contribution in [0.1, 0.15) is 38.1 Å². The summed E-state index contributed by atoms with van der Waals surface area (Å²) in [5.41, 5.74) is 11.1. The molecule has 8 heteroatoms. The molecule has 25 heavy (non-hydrogen) atoms. The molecule has 1 atom stereocenters. The van der Waals surface area contributed by atoms with Gasteiger partial charge in [-0.15, -0.1) is 0 Å². The molecule has 0 aliphatic heterocycles. The van der Waals surface area contributed by atoms with Gasteiger partial charge in [-0.25, -0.2) is 4.79 Å². The van der Waals surface area contributed by atoms with Gasteiger partial charge < -0.3 is 16.0 Å². The summed E-state index contributed by atoms with van der Waals surface area (Å²) in [4.78, 5) is 37.3. The highest BCUT2D eigenvalue weighted by Gasteiger charge is 2.23. The first-order valence-corrected chi connectivity index (χ1v) is 8.31. The number of anilines is 1. The van der Waals surface area contributed by atoms with Crippen LogP contribution in [0.15, 0.2) is 24.3 Å². The van der Waals surface area contributed by atoms with Gasteiger partial charge in [0.15, 0.2) is 0 Å². The SMILES string of the molecule is CCN(CC)c1ccc(C(=O)NNC(=O)[C@H](NC(N)=O)C(C)C)cc1. The van der Waals surface area contributed by atoms with Gasteiger partial charge in [0.1, 0.15) is 6.04 Å². The Hall–Kier alpha value is -2.77. The number of hydrazine groups is 1. The zero-order valence-corrected chi connectivity index (χ0v) is 15.1. The van der Waals surface area contributed by atoms with Gasteiger partial charge in [0.25, 0.3) is 11.8 Å². The van der Waals surface area contributed by atoms with Crippen molar-refractivity contribution < 1.29 is 14.4 Å². The second-order valence-electron chi connectivity index (χ2n) is 5.89. The van der Waals surface area contributed by atoms with Crippen LogP contribution in [0.3, 0.4) is 0 Å². The van der Waals surface area contributed by atoms with Gasteiger partial charge >= 0.3 is 6.03 Å². The van der Waals surface area contributed by atoms with Gasteiger partial charge in [-0.05, 0) is 44.0 Å². The number of nitrogens with two attached hydrogens (primary N) is 1. The molecule has 0 fully saturated rings. The first-order valence-electron chi connectivity index (χ1n) is 8.31. The maximum absolute atomic E-state index is 12.1. The van der Waals surface area contributed by atoms with E-state index in [2.05, 4.69) is 34.9 Å². The fourth-order valence-corrected chi connectivity index (χ4v) is 2.37. The van der Waals surface area contributed by atoms with Crippen LogP contribution >= 0.6 is 0 Å². The Balaban J connectivity index is 2.66. The van der Waals surface area contributed by atoms with Crippen molar-refractivity contribution in [3.8, 4) is 0 Å². The summed E-state index contributed by atoms with van der Waals surface area (Å²) in [7, 11) is 0. The number of carbonyl (C=O) groups excluding carboxylic acids is 3. The van der Waals surface area contributed by atoms with Crippen molar-refractivity contribution in [2.75, 3.05) is 18.0 Å². The van der Waals surface area contributed by atoms with Crippen LogP contribution in [-0.2, 0) is 4.79 Å². The highest BCUT2D eigenvalue weighted by Crippen LogP contribution is 2.14.